The number of alkyl halides is 3. The minimum absolute atomic E-state index is 0.190. The first kappa shape index (κ1) is 22.1. The number of carbonyl (C=O) groups is 3. The van der Waals surface area contributed by atoms with Gasteiger partial charge in [-0.2, -0.15) is 13.2 Å². The van der Waals surface area contributed by atoms with Gasteiger partial charge in [-0.25, -0.2) is 4.79 Å². The van der Waals surface area contributed by atoms with Crippen LogP contribution in [0.4, 0.5) is 18.9 Å². The molecule has 0 aliphatic rings. The van der Waals surface area contributed by atoms with Gasteiger partial charge in [0.1, 0.15) is 0 Å². The van der Waals surface area contributed by atoms with Gasteiger partial charge in [0.25, 0.3) is 0 Å². The van der Waals surface area contributed by atoms with Crippen molar-refractivity contribution in [2.75, 3.05) is 11.9 Å². The molecule has 0 radical (unpaired) electrons. The van der Waals surface area contributed by atoms with E-state index in [1.807, 2.05) is 0 Å². The van der Waals surface area contributed by atoms with Crippen LogP contribution in [0.25, 0.3) is 0 Å². The number of benzene rings is 2. The molecule has 0 atom stereocenters. The smallest absolute Gasteiger partial charge is 0.417 e. The van der Waals surface area contributed by atoms with Crippen LogP contribution in [-0.4, -0.2) is 24.3 Å². The molecule has 2 rings (SSSR count). The number of anilines is 1. The van der Waals surface area contributed by atoms with E-state index in [1.165, 1.54) is 30.3 Å². The average Bonchev–Trinajstić information content (AvgIpc) is 2.65. The maximum Gasteiger partial charge on any atom is 0.417 e. The van der Waals surface area contributed by atoms with Crippen LogP contribution >= 0.6 is 0 Å². The first-order chi connectivity index (χ1) is 13.4. The Bertz CT molecular complexity index is 913. The molecule has 2 aromatic carbocycles. The third-order valence-corrected chi connectivity index (χ3v) is 3.93. The van der Waals surface area contributed by atoms with E-state index in [4.69, 9.17) is 4.74 Å². The predicted octanol–water partition coefficient (Wildman–Crippen LogP) is 4.73. The Balaban J connectivity index is 2.01. The van der Waals surface area contributed by atoms with Crippen molar-refractivity contribution in [1.82, 2.24) is 0 Å². The molecule has 2 aromatic rings. The molecule has 0 fully saturated rings. The molecule has 5 nitrogen and oxygen atoms in total. The monoisotopic (exact) mass is 407 g/mol. The van der Waals surface area contributed by atoms with Gasteiger partial charge in [-0.05, 0) is 36.4 Å². The van der Waals surface area contributed by atoms with E-state index in [-0.39, 0.29) is 11.5 Å². The zero-order valence-electron chi connectivity index (χ0n) is 16.1. The number of ether oxygens (including phenoxy) is 1. The maximum atomic E-state index is 13.0. The molecular weight excluding hydrogens is 387 g/mol. The van der Waals surface area contributed by atoms with Crippen LogP contribution in [0.1, 0.15) is 47.1 Å². The molecule has 154 valence electrons. The van der Waals surface area contributed by atoms with Crippen molar-refractivity contribution in [2.45, 2.75) is 26.9 Å². The van der Waals surface area contributed by atoms with Gasteiger partial charge in [-0.3, -0.25) is 9.59 Å². The number of hydrogen-bond acceptors (Lipinski definition) is 4. The molecule has 0 bridgehead atoms. The van der Waals surface area contributed by atoms with Gasteiger partial charge in [0, 0.05) is 16.7 Å². The number of Topliss-reactive ketones (excluding diaryl/α,β-unsaturated/α-hetero) is 1. The van der Waals surface area contributed by atoms with Crippen molar-refractivity contribution in [3.05, 3.63) is 65.2 Å². The summed E-state index contributed by atoms with van der Waals surface area (Å²) in [4.78, 5) is 36.1. The number of amides is 1. The number of carbonyl (C=O) groups excluding carboxylic acids is 3. The lowest BCUT2D eigenvalue weighted by atomic mass is 9.95. The van der Waals surface area contributed by atoms with Crippen LogP contribution in [0.15, 0.2) is 48.5 Å². The summed E-state index contributed by atoms with van der Waals surface area (Å²) in [6.45, 7) is 4.56. The summed E-state index contributed by atoms with van der Waals surface area (Å²) in [6.07, 6.45) is -4.72. The molecule has 0 saturated carbocycles. The van der Waals surface area contributed by atoms with Gasteiger partial charge in [0.05, 0.1) is 11.1 Å². The average molecular weight is 407 g/mol. The summed E-state index contributed by atoms with van der Waals surface area (Å²) in [5.41, 5.74) is -1.70. The molecule has 0 spiro atoms. The van der Waals surface area contributed by atoms with Crippen molar-refractivity contribution >= 4 is 23.3 Å². The fraction of sp³-hybridized carbons (Fsp3) is 0.286. The van der Waals surface area contributed by atoms with Crippen LogP contribution < -0.4 is 5.32 Å². The summed E-state index contributed by atoms with van der Waals surface area (Å²) in [6, 6.07) is 10.1. The Labute approximate surface area is 165 Å². The molecule has 0 saturated heterocycles. The van der Waals surface area contributed by atoms with Crippen molar-refractivity contribution in [3.8, 4) is 0 Å². The third kappa shape index (κ3) is 5.91. The van der Waals surface area contributed by atoms with Crippen molar-refractivity contribution in [2.24, 2.45) is 5.41 Å². The molecule has 0 aliphatic heterocycles. The first-order valence-electron chi connectivity index (χ1n) is 8.67. The largest absolute Gasteiger partial charge is 0.454 e. The quantitative estimate of drug-likeness (QED) is 0.575. The number of esters is 1. The second kappa shape index (κ2) is 8.46. The summed E-state index contributed by atoms with van der Waals surface area (Å²) in [7, 11) is 0. The number of rotatable bonds is 5. The Morgan fingerprint density at radius 3 is 2.07 bits per heavy atom. The summed E-state index contributed by atoms with van der Waals surface area (Å²) >= 11 is 0. The minimum Gasteiger partial charge on any atom is -0.454 e. The number of hydrogen-bond donors (Lipinski definition) is 1. The van der Waals surface area contributed by atoms with Gasteiger partial charge >= 0.3 is 12.1 Å². The highest BCUT2D eigenvalue weighted by Crippen LogP contribution is 2.32. The lowest BCUT2D eigenvalue weighted by molar-refractivity contribution is -0.138. The van der Waals surface area contributed by atoms with E-state index < -0.39 is 41.1 Å². The number of nitrogens with one attached hydrogen (secondary N) is 1. The van der Waals surface area contributed by atoms with Gasteiger partial charge in [-0.15, -0.1) is 0 Å². The first-order valence-corrected chi connectivity index (χ1v) is 8.67. The molecule has 0 aliphatic carbocycles. The van der Waals surface area contributed by atoms with E-state index in [2.05, 4.69) is 5.32 Å². The maximum absolute atomic E-state index is 13.0. The summed E-state index contributed by atoms with van der Waals surface area (Å²) in [5.74, 6) is -2.02. The molecule has 8 heteroatoms. The Hall–Kier alpha value is -3.16. The number of halogens is 3. The van der Waals surface area contributed by atoms with E-state index in [9.17, 15) is 27.6 Å². The predicted molar refractivity (Wildman–Crippen MR) is 101 cm³/mol. The van der Waals surface area contributed by atoms with Crippen LogP contribution in [0.5, 0.6) is 0 Å². The lowest BCUT2D eigenvalue weighted by Gasteiger charge is -2.17. The highest BCUT2D eigenvalue weighted by Gasteiger charge is 2.35. The normalized spacial score (nSPS) is 11.7. The Morgan fingerprint density at radius 2 is 1.52 bits per heavy atom. The van der Waals surface area contributed by atoms with E-state index in [0.717, 1.165) is 18.2 Å². The zero-order valence-corrected chi connectivity index (χ0v) is 16.1. The third-order valence-electron chi connectivity index (χ3n) is 3.93. The summed E-state index contributed by atoms with van der Waals surface area (Å²) in [5, 5.41) is 2.70. The fourth-order valence-corrected chi connectivity index (χ4v) is 2.26. The van der Waals surface area contributed by atoms with Crippen molar-refractivity contribution < 1.29 is 32.3 Å². The Kier molecular flexibility index (Phi) is 6.46. The topological polar surface area (TPSA) is 72.5 Å². The Morgan fingerprint density at radius 1 is 0.931 bits per heavy atom. The molecular formula is C21H20F3NO4. The molecule has 1 N–H and O–H groups in total. The molecule has 1 amide bonds. The van der Waals surface area contributed by atoms with Gasteiger partial charge in [-0.1, -0.05) is 32.9 Å². The highest BCUT2D eigenvalue weighted by molar-refractivity contribution is 6.00. The second-order valence-corrected chi connectivity index (χ2v) is 7.32. The number of ketones is 1. The second-order valence-electron chi connectivity index (χ2n) is 7.32. The van der Waals surface area contributed by atoms with Gasteiger partial charge in [0.2, 0.25) is 5.91 Å². The zero-order chi connectivity index (χ0) is 21.8. The molecule has 29 heavy (non-hydrogen) atoms. The summed E-state index contributed by atoms with van der Waals surface area (Å²) < 4.78 is 43.7. The molecule has 0 heterocycles. The van der Waals surface area contributed by atoms with Crippen LogP contribution in [0.3, 0.4) is 0 Å². The van der Waals surface area contributed by atoms with E-state index in [0.29, 0.717) is 5.69 Å². The van der Waals surface area contributed by atoms with Crippen molar-refractivity contribution in [1.29, 1.82) is 0 Å². The van der Waals surface area contributed by atoms with E-state index >= 15 is 0 Å². The molecule has 0 unspecified atom stereocenters. The van der Waals surface area contributed by atoms with Gasteiger partial charge in [0.15, 0.2) is 12.4 Å². The fourth-order valence-electron chi connectivity index (χ4n) is 2.26. The SMILES string of the molecule is CC(C)(C)C(=O)Nc1ccc(C(=O)COC(=O)c2ccccc2C(F)(F)F)cc1. The van der Waals surface area contributed by atoms with Crippen molar-refractivity contribution in [3.63, 3.8) is 0 Å². The van der Waals surface area contributed by atoms with Gasteiger partial charge < -0.3 is 10.1 Å². The highest BCUT2D eigenvalue weighted by atomic mass is 19.4. The van der Waals surface area contributed by atoms with Crippen LogP contribution in [0, 0.1) is 5.41 Å². The molecule has 0 aromatic heterocycles. The van der Waals surface area contributed by atoms with E-state index in [1.54, 1.807) is 20.8 Å². The minimum atomic E-state index is -4.72. The van der Waals surface area contributed by atoms with Crippen LogP contribution in [0.2, 0.25) is 0 Å². The lowest BCUT2D eigenvalue weighted by Crippen LogP contribution is -2.27. The van der Waals surface area contributed by atoms with Crippen LogP contribution in [-0.2, 0) is 15.7 Å². The standard InChI is InChI=1S/C21H20F3NO4/c1-20(2,3)19(28)25-14-10-8-13(9-11-14)17(26)12-29-18(27)15-6-4-5-7-16(15)21(22,23)24/h4-11H,12H2,1-3H3,(H,25,28).